The second-order valence-corrected chi connectivity index (χ2v) is 4.60. The van der Waals surface area contributed by atoms with Crippen LogP contribution >= 0.6 is 11.3 Å². The molecule has 5 heteroatoms. The van der Waals surface area contributed by atoms with Crippen LogP contribution in [0.2, 0.25) is 0 Å². The van der Waals surface area contributed by atoms with E-state index in [1.807, 2.05) is 18.2 Å². The molecule has 1 aromatic carbocycles. The molecule has 0 bridgehead atoms. The van der Waals surface area contributed by atoms with E-state index in [4.69, 9.17) is 10.5 Å². The maximum absolute atomic E-state index is 5.63. The average Bonchev–Trinajstić information content (AvgIpc) is 2.96. The third-order valence-electron chi connectivity index (χ3n) is 2.69. The van der Waals surface area contributed by atoms with E-state index in [-0.39, 0.29) is 0 Å². The summed E-state index contributed by atoms with van der Waals surface area (Å²) in [4.78, 5) is 0. The van der Waals surface area contributed by atoms with Crippen molar-refractivity contribution in [3.05, 3.63) is 29.6 Å². The number of nitrogens with zero attached hydrogens (tertiary/aromatic N) is 1. The highest BCUT2D eigenvalue weighted by Gasteiger charge is 2.10. The number of aromatic nitrogens is 2. The van der Waals surface area contributed by atoms with Crippen LogP contribution in [0.5, 0.6) is 5.75 Å². The minimum atomic E-state index is 0.499. The summed E-state index contributed by atoms with van der Waals surface area (Å²) in [6.07, 6.45) is 0. The highest BCUT2D eigenvalue weighted by atomic mass is 32.1. The SMILES string of the molecule is COc1ccc(-c2cc(N)n[nH]2)c2ccsc12. The molecule has 17 heavy (non-hydrogen) atoms. The van der Waals surface area contributed by atoms with Crippen LogP contribution in [0.3, 0.4) is 0 Å². The van der Waals surface area contributed by atoms with Crippen LogP contribution in [-0.4, -0.2) is 17.3 Å². The highest BCUT2D eigenvalue weighted by Crippen LogP contribution is 2.37. The molecule has 0 aliphatic heterocycles. The number of nitrogens with one attached hydrogen (secondary N) is 1. The number of anilines is 1. The molecule has 2 heterocycles. The molecule has 0 radical (unpaired) electrons. The van der Waals surface area contributed by atoms with Crippen molar-refractivity contribution in [3.8, 4) is 17.0 Å². The number of hydrogen-bond donors (Lipinski definition) is 2. The van der Waals surface area contributed by atoms with Crippen LogP contribution in [0, 0.1) is 0 Å². The predicted molar refractivity (Wildman–Crippen MR) is 70.4 cm³/mol. The highest BCUT2D eigenvalue weighted by molar-refractivity contribution is 7.17. The first-order valence-electron chi connectivity index (χ1n) is 5.15. The Morgan fingerprint density at radius 3 is 2.94 bits per heavy atom. The smallest absolute Gasteiger partial charge is 0.145 e. The lowest BCUT2D eigenvalue weighted by atomic mass is 10.1. The minimum absolute atomic E-state index is 0.499. The van der Waals surface area contributed by atoms with Crippen LogP contribution in [-0.2, 0) is 0 Å². The van der Waals surface area contributed by atoms with E-state index in [0.717, 1.165) is 27.1 Å². The zero-order valence-electron chi connectivity index (χ0n) is 9.23. The molecular formula is C12H11N3OS. The molecule has 0 saturated carbocycles. The number of nitrogen functional groups attached to an aromatic ring is 1. The van der Waals surface area contributed by atoms with Crippen LogP contribution < -0.4 is 10.5 Å². The Labute approximate surface area is 102 Å². The number of rotatable bonds is 2. The molecule has 3 rings (SSSR count). The normalized spacial score (nSPS) is 10.9. The average molecular weight is 245 g/mol. The quantitative estimate of drug-likeness (QED) is 0.729. The number of methoxy groups -OCH3 is 1. The molecule has 86 valence electrons. The van der Waals surface area contributed by atoms with E-state index in [1.54, 1.807) is 18.4 Å². The third-order valence-corrected chi connectivity index (χ3v) is 3.62. The fraction of sp³-hybridized carbons (Fsp3) is 0.0833. The number of thiophene rings is 1. The van der Waals surface area contributed by atoms with Crippen molar-refractivity contribution in [2.75, 3.05) is 12.8 Å². The summed E-state index contributed by atoms with van der Waals surface area (Å²) in [5.74, 6) is 1.39. The van der Waals surface area contributed by atoms with Crippen LogP contribution in [0.1, 0.15) is 0 Å². The van der Waals surface area contributed by atoms with Crippen molar-refractivity contribution in [1.82, 2.24) is 10.2 Å². The fourth-order valence-electron chi connectivity index (χ4n) is 1.91. The van der Waals surface area contributed by atoms with Crippen molar-refractivity contribution >= 4 is 27.2 Å². The van der Waals surface area contributed by atoms with E-state index in [0.29, 0.717) is 5.82 Å². The molecule has 0 amide bonds. The van der Waals surface area contributed by atoms with Gasteiger partial charge in [0.1, 0.15) is 11.6 Å². The van der Waals surface area contributed by atoms with E-state index >= 15 is 0 Å². The number of ether oxygens (including phenoxy) is 1. The van der Waals surface area contributed by atoms with Gasteiger partial charge in [0.05, 0.1) is 17.5 Å². The number of aromatic amines is 1. The summed E-state index contributed by atoms with van der Waals surface area (Å²) in [6, 6.07) is 7.89. The van der Waals surface area contributed by atoms with Gasteiger partial charge in [-0.05, 0) is 23.6 Å². The van der Waals surface area contributed by atoms with Gasteiger partial charge in [-0.1, -0.05) is 0 Å². The van der Waals surface area contributed by atoms with Crippen molar-refractivity contribution in [1.29, 1.82) is 0 Å². The Hall–Kier alpha value is -2.01. The maximum atomic E-state index is 5.63. The molecule has 3 N–H and O–H groups in total. The van der Waals surface area contributed by atoms with Crippen LogP contribution in [0.25, 0.3) is 21.3 Å². The number of hydrogen-bond acceptors (Lipinski definition) is 4. The minimum Gasteiger partial charge on any atom is -0.495 e. The van der Waals surface area contributed by atoms with Gasteiger partial charge in [0.25, 0.3) is 0 Å². The topological polar surface area (TPSA) is 63.9 Å². The molecule has 4 nitrogen and oxygen atoms in total. The lowest BCUT2D eigenvalue weighted by Gasteiger charge is -2.05. The molecule has 0 unspecified atom stereocenters. The molecule has 0 aliphatic carbocycles. The molecule has 0 aliphatic rings. The number of H-pyrrole nitrogens is 1. The van der Waals surface area contributed by atoms with E-state index < -0.39 is 0 Å². The Morgan fingerprint density at radius 1 is 1.35 bits per heavy atom. The summed E-state index contributed by atoms with van der Waals surface area (Å²) in [5.41, 5.74) is 7.64. The summed E-state index contributed by atoms with van der Waals surface area (Å²) < 4.78 is 6.48. The van der Waals surface area contributed by atoms with E-state index in [9.17, 15) is 0 Å². The van der Waals surface area contributed by atoms with Gasteiger partial charge >= 0.3 is 0 Å². The zero-order valence-corrected chi connectivity index (χ0v) is 10.0. The second kappa shape index (κ2) is 3.78. The third kappa shape index (κ3) is 1.55. The largest absolute Gasteiger partial charge is 0.495 e. The molecule has 2 aromatic heterocycles. The first kappa shape index (κ1) is 10.2. The molecule has 0 spiro atoms. The van der Waals surface area contributed by atoms with Crippen LogP contribution in [0.15, 0.2) is 29.6 Å². The van der Waals surface area contributed by atoms with Gasteiger partial charge in [0.2, 0.25) is 0 Å². The lowest BCUT2D eigenvalue weighted by molar-refractivity contribution is 0.420. The predicted octanol–water partition coefficient (Wildman–Crippen LogP) is 2.88. The monoisotopic (exact) mass is 245 g/mol. The van der Waals surface area contributed by atoms with Gasteiger partial charge in [0.15, 0.2) is 0 Å². The van der Waals surface area contributed by atoms with Gasteiger partial charge in [-0.25, -0.2) is 0 Å². The Bertz CT molecular complexity index is 671. The van der Waals surface area contributed by atoms with Gasteiger partial charge in [-0.15, -0.1) is 11.3 Å². The fourth-order valence-corrected chi connectivity index (χ4v) is 2.82. The summed E-state index contributed by atoms with van der Waals surface area (Å²) >= 11 is 1.66. The first-order valence-corrected chi connectivity index (χ1v) is 6.03. The van der Waals surface area contributed by atoms with Crippen molar-refractivity contribution in [2.45, 2.75) is 0 Å². The van der Waals surface area contributed by atoms with E-state index in [2.05, 4.69) is 21.6 Å². The summed E-state index contributed by atoms with van der Waals surface area (Å²) in [6.45, 7) is 0. The summed E-state index contributed by atoms with van der Waals surface area (Å²) in [7, 11) is 1.68. The van der Waals surface area contributed by atoms with Gasteiger partial charge in [0, 0.05) is 17.0 Å². The Balaban J connectivity index is 2.27. The van der Waals surface area contributed by atoms with Crippen molar-refractivity contribution < 1.29 is 4.74 Å². The lowest BCUT2D eigenvalue weighted by Crippen LogP contribution is -1.85. The first-order chi connectivity index (χ1) is 8.29. The molecule has 0 saturated heterocycles. The molecular weight excluding hydrogens is 234 g/mol. The number of fused-ring (bicyclic) bond motifs is 1. The molecule has 0 atom stereocenters. The molecule has 3 aromatic rings. The van der Waals surface area contributed by atoms with Gasteiger partial charge in [-0.3, -0.25) is 5.10 Å². The zero-order chi connectivity index (χ0) is 11.8. The van der Waals surface area contributed by atoms with Gasteiger partial charge < -0.3 is 10.5 Å². The maximum Gasteiger partial charge on any atom is 0.145 e. The van der Waals surface area contributed by atoms with E-state index in [1.165, 1.54) is 0 Å². The number of nitrogens with two attached hydrogens (primary N) is 1. The molecule has 0 fully saturated rings. The van der Waals surface area contributed by atoms with Crippen molar-refractivity contribution in [2.24, 2.45) is 0 Å². The van der Waals surface area contributed by atoms with Crippen molar-refractivity contribution in [3.63, 3.8) is 0 Å². The second-order valence-electron chi connectivity index (χ2n) is 3.69. The van der Waals surface area contributed by atoms with Gasteiger partial charge in [-0.2, -0.15) is 5.10 Å². The van der Waals surface area contributed by atoms with Crippen LogP contribution in [0.4, 0.5) is 5.82 Å². The number of benzene rings is 1. The standard InChI is InChI=1S/C12H11N3OS/c1-16-10-3-2-7(8-4-5-17-12(8)10)9-6-11(13)15-14-9/h2-6H,1H3,(H3,13,14,15). The Morgan fingerprint density at radius 2 is 2.24 bits per heavy atom. The summed E-state index contributed by atoms with van der Waals surface area (Å²) in [5, 5.41) is 10.1. The Kier molecular flexibility index (Phi) is 2.26.